The molecule has 2 heterocycles. The van der Waals surface area contributed by atoms with Crippen LogP contribution in [0.3, 0.4) is 0 Å². The molecular formula is C33H37BrClN3O6. The number of nitrogens with zero attached hydrogens (tertiary/aromatic N) is 3. The fourth-order valence-corrected chi connectivity index (χ4v) is 5.59. The molecule has 44 heavy (non-hydrogen) atoms. The second-order valence-electron chi connectivity index (χ2n) is 10.5. The van der Waals surface area contributed by atoms with Crippen molar-refractivity contribution in [2.45, 2.75) is 46.6 Å². The molecule has 0 saturated heterocycles. The zero-order chi connectivity index (χ0) is 31.8. The number of carbonyl (C=O) groups is 2. The molecule has 0 bridgehead atoms. The number of imidazole rings is 1. The lowest BCUT2D eigenvalue weighted by molar-refractivity contribution is -0.145. The van der Waals surface area contributed by atoms with Gasteiger partial charge in [0.05, 0.1) is 44.4 Å². The highest BCUT2D eigenvalue weighted by atomic mass is 79.9. The maximum atomic E-state index is 13.8. The Bertz CT molecular complexity index is 1620. The zero-order valence-corrected chi connectivity index (χ0v) is 27.9. The molecule has 0 fully saturated rings. The molecule has 2 aromatic heterocycles. The molecule has 0 aliphatic rings. The molecule has 0 aliphatic carbocycles. The molecule has 11 heteroatoms. The number of halogens is 2. The van der Waals surface area contributed by atoms with Crippen LogP contribution < -0.4 is 19.1 Å². The second-order valence-corrected chi connectivity index (χ2v) is 11.8. The second kappa shape index (κ2) is 15.3. The normalized spacial score (nSPS) is 11.1. The number of amides is 1. The van der Waals surface area contributed by atoms with Crippen molar-refractivity contribution in [3.05, 3.63) is 81.2 Å². The minimum absolute atomic E-state index is 0.0864. The van der Waals surface area contributed by atoms with Crippen molar-refractivity contribution in [1.29, 1.82) is 0 Å². The average molecular weight is 687 g/mol. The van der Waals surface area contributed by atoms with Gasteiger partial charge in [0, 0.05) is 29.1 Å². The largest absolute Gasteiger partial charge is 0.493 e. The first-order valence-corrected chi connectivity index (χ1v) is 15.6. The van der Waals surface area contributed by atoms with E-state index < -0.39 is 5.97 Å². The summed E-state index contributed by atoms with van der Waals surface area (Å²) >= 11 is 10.4. The van der Waals surface area contributed by atoms with Crippen molar-refractivity contribution >= 4 is 50.7 Å². The van der Waals surface area contributed by atoms with E-state index in [0.717, 1.165) is 27.8 Å². The number of hydrogen-bond acceptors (Lipinski definition) is 7. The highest BCUT2D eigenvalue weighted by Gasteiger charge is 2.26. The molecule has 0 N–H and O–H groups in total. The van der Waals surface area contributed by atoms with Gasteiger partial charge < -0.3 is 28.2 Å². The fourth-order valence-electron chi connectivity index (χ4n) is 4.85. The SMILES string of the molecule is CCOC(=O)COc1ccc(Br)cc1Cc1c(CN(C(=O)CCC(C)C)c2ccc(OC)c(OC)c2Cl)nc2ccccn12. The van der Waals surface area contributed by atoms with Gasteiger partial charge in [0.15, 0.2) is 18.1 Å². The number of rotatable bonds is 14. The van der Waals surface area contributed by atoms with Gasteiger partial charge in [0.1, 0.15) is 16.4 Å². The summed E-state index contributed by atoms with van der Waals surface area (Å²) in [6.07, 6.45) is 3.40. The number of esters is 1. The van der Waals surface area contributed by atoms with Gasteiger partial charge >= 0.3 is 5.97 Å². The standard InChI is InChI=1S/C33H37BrClN3O6/c1-6-43-31(40)20-44-27-13-11-23(34)17-22(27)18-26-24(36-29-9-7-8-16-37(26)29)19-38(30(39)15-10-21(2)3)25-12-14-28(41-4)33(42-5)32(25)35/h7-9,11-14,16-17,21H,6,10,15,18-20H2,1-5H3. The van der Waals surface area contributed by atoms with Crippen LogP contribution in [0, 0.1) is 5.92 Å². The third-order valence-corrected chi connectivity index (χ3v) is 7.90. The van der Waals surface area contributed by atoms with E-state index in [2.05, 4.69) is 29.8 Å². The molecule has 234 valence electrons. The van der Waals surface area contributed by atoms with Crippen LogP contribution in [0.4, 0.5) is 5.69 Å². The number of hydrogen-bond donors (Lipinski definition) is 0. The lowest BCUT2D eigenvalue weighted by Gasteiger charge is -2.25. The van der Waals surface area contributed by atoms with E-state index in [1.165, 1.54) is 14.2 Å². The molecule has 0 radical (unpaired) electrons. The average Bonchev–Trinajstić information content (AvgIpc) is 3.35. The van der Waals surface area contributed by atoms with E-state index >= 15 is 0 Å². The van der Waals surface area contributed by atoms with Crippen LogP contribution in [-0.4, -0.2) is 48.7 Å². The Labute approximate surface area is 271 Å². The van der Waals surface area contributed by atoms with Crippen LogP contribution in [0.15, 0.2) is 59.2 Å². The Kier molecular flexibility index (Phi) is 11.5. The molecule has 4 rings (SSSR count). The topological polar surface area (TPSA) is 91.6 Å². The van der Waals surface area contributed by atoms with Crippen LogP contribution in [0.2, 0.25) is 5.02 Å². The van der Waals surface area contributed by atoms with Gasteiger partial charge in [-0.3, -0.25) is 4.79 Å². The Hall–Kier alpha value is -3.76. The monoisotopic (exact) mass is 685 g/mol. The quantitative estimate of drug-likeness (QED) is 0.129. The summed E-state index contributed by atoms with van der Waals surface area (Å²) in [5.74, 6) is 1.18. The number of ether oxygens (including phenoxy) is 4. The van der Waals surface area contributed by atoms with Crippen molar-refractivity contribution in [3.8, 4) is 17.2 Å². The minimum Gasteiger partial charge on any atom is -0.493 e. The summed E-state index contributed by atoms with van der Waals surface area (Å²) < 4.78 is 24.8. The maximum Gasteiger partial charge on any atom is 0.344 e. The number of carbonyl (C=O) groups excluding carboxylic acids is 2. The summed E-state index contributed by atoms with van der Waals surface area (Å²) in [6, 6.07) is 14.9. The molecule has 1 amide bonds. The van der Waals surface area contributed by atoms with Gasteiger partial charge in [-0.15, -0.1) is 0 Å². The number of methoxy groups -OCH3 is 2. The molecule has 0 unspecified atom stereocenters. The Morgan fingerprint density at radius 3 is 2.55 bits per heavy atom. The molecular weight excluding hydrogens is 650 g/mol. The van der Waals surface area contributed by atoms with Gasteiger partial charge in [-0.05, 0) is 61.7 Å². The van der Waals surface area contributed by atoms with Gasteiger partial charge in [-0.1, -0.05) is 47.4 Å². The molecule has 0 atom stereocenters. The molecule has 4 aromatic rings. The van der Waals surface area contributed by atoms with Gasteiger partial charge in [0.25, 0.3) is 0 Å². The van der Waals surface area contributed by atoms with E-state index in [0.29, 0.717) is 47.4 Å². The van der Waals surface area contributed by atoms with Crippen molar-refractivity contribution in [3.63, 3.8) is 0 Å². The highest BCUT2D eigenvalue weighted by molar-refractivity contribution is 9.10. The number of benzene rings is 2. The van der Waals surface area contributed by atoms with E-state index in [1.54, 1.807) is 24.0 Å². The number of pyridine rings is 1. The van der Waals surface area contributed by atoms with Crippen molar-refractivity contribution in [2.24, 2.45) is 5.92 Å². The Balaban J connectivity index is 1.79. The van der Waals surface area contributed by atoms with Crippen LogP contribution in [0.1, 0.15) is 50.6 Å². The summed E-state index contributed by atoms with van der Waals surface area (Å²) in [6.45, 7) is 6.15. The lowest BCUT2D eigenvalue weighted by Crippen LogP contribution is -2.31. The first-order valence-electron chi connectivity index (χ1n) is 14.4. The minimum atomic E-state index is -0.445. The summed E-state index contributed by atoms with van der Waals surface area (Å²) in [7, 11) is 3.05. The molecule has 0 spiro atoms. The molecule has 2 aromatic carbocycles. The van der Waals surface area contributed by atoms with Crippen LogP contribution in [0.5, 0.6) is 17.2 Å². The van der Waals surface area contributed by atoms with E-state index in [-0.39, 0.29) is 30.7 Å². The Morgan fingerprint density at radius 1 is 1.07 bits per heavy atom. The van der Waals surface area contributed by atoms with Gasteiger partial charge in [0.2, 0.25) is 5.91 Å². The number of aromatic nitrogens is 2. The highest BCUT2D eigenvalue weighted by Crippen LogP contribution is 2.42. The van der Waals surface area contributed by atoms with Crippen LogP contribution >= 0.6 is 27.5 Å². The zero-order valence-electron chi connectivity index (χ0n) is 25.6. The number of anilines is 1. The molecule has 9 nitrogen and oxygen atoms in total. The van der Waals surface area contributed by atoms with Crippen LogP contribution in [0.25, 0.3) is 5.65 Å². The number of fused-ring (bicyclic) bond motifs is 1. The summed E-state index contributed by atoms with van der Waals surface area (Å²) in [5, 5.41) is 0.275. The van der Waals surface area contributed by atoms with Crippen LogP contribution in [-0.2, 0) is 27.3 Å². The fraction of sp³-hybridized carbons (Fsp3) is 0.364. The predicted octanol–water partition coefficient (Wildman–Crippen LogP) is 7.27. The summed E-state index contributed by atoms with van der Waals surface area (Å²) in [5.41, 5.74) is 3.61. The Morgan fingerprint density at radius 2 is 1.84 bits per heavy atom. The lowest BCUT2D eigenvalue weighted by atomic mass is 10.1. The van der Waals surface area contributed by atoms with E-state index in [9.17, 15) is 9.59 Å². The third kappa shape index (κ3) is 7.84. The predicted molar refractivity (Wildman–Crippen MR) is 174 cm³/mol. The smallest absolute Gasteiger partial charge is 0.344 e. The van der Waals surface area contributed by atoms with Crippen molar-refractivity contribution in [1.82, 2.24) is 9.38 Å². The molecule has 0 aliphatic heterocycles. The molecule has 0 saturated carbocycles. The third-order valence-electron chi connectivity index (χ3n) is 7.04. The van der Waals surface area contributed by atoms with Crippen molar-refractivity contribution < 1.29 is 28.5 Å². The first-order chi connectivity index (χ1) is 21.2. The van der Waals surface area contributed by atoms with E-state index in [1.807, 2.05) is 47.0 Å². The maximum absolute atomic E-state index is 13.8. The van der Waals surface area contributed by atoms with Gasteiger partial charge in [-0.2, -0.15) is 0 Å². The van der Waals surface area contributed by atoms with Crippen molar-refractivity contribution in [2.75, 3.05) is 32.3 Å². The first kappa shape index (κ1) is 33.1. The van der Waals surface area contributed by atoms with Gasteiger partial charge in [-0.25, -0.2) is 9.78 Å². The summed E-state index contributed by atoms with van der Waals surface area (Å²) in [4.78, 5) is 32.5. The van der Waals surface area contributed by atoms with E-state index in [4.69, 9.17) is 35.5 Å².